The van der Waals surface area contributed by atoms with Crippen LogP contribution in [-0.2, 0) is 6.54 Å². The highest BCUT2D eigenvalue weighted by molar-refractivity contribution is 7.07. The van der Waals surface area contributed by atoms with E-state index in [4.69, 9.17) is 16.3 Å². The second kappa shape index (κ2) is 5.42. The molecule has 2 aromatic heterocycles. The first-order valence-electron chi connectivity index (χ1n) is 6.25. The smallest absolute Gasteiger partial charge is 0.146 e. The molecule has 0 amide bonds. The lowest BCUT2D eigenvalue weighted by molar-refractivity contribution is 0.419. The monoisotopic (exact) mass is 307 g/mol. The molecular formula is C14H14ClN3OS. The number of fused-ring (bicyclic) bond motifs is 1. The average molecular weight is 308 g/mol. The van der Waals surface area contributed by atoms with E-state index in [2.05, 4.69) is 14.5 Å². The highest BCUT2D eigenvalue weighted by Crippen LogP contribution is 2.30. The quantitative estimate of drug-likeness (QED) is 0.687. The third-order valence-corrected chi connectivity index (χ3v) is 3.98. The zero-order valence-electron chi connectivity index (χ0n) is 11.2. The van der Waals surface area contributed by atoms with Crippen molar-refractivity contribution in [2.45, 2.75) is 18.8 Å². The molecule has 0 bridgehead atoms. The Hall–Kier alpha value is -1.59. The zero-order valence-corrected chi connectivity index (χ0v) is 12.8. The van der Waals surface area contributed by atoms with Crippen LogP contribution in [0, 0.1) is 0 Å². The van der Waals surface area contributed by atoms with E-state index in [1.807, 2.05) is 36.0 Å². The van der Waals surface area contributed by atoms with E-state index < -0.39 is 0 Å². The van der Waals surface area contributed by atoms with E-state index >= 15 is 0 Å². The van der Waals surface area contributed by atoms with Crippen LogP contribution in [0.3, 0.4) is 0 Å². The minimum atomic E-state index is -0.175. The number of methoxy groups -OCH3 is 1. The number of para-hydroxylation sites is 1. The van der Waals surface area contributed by atoms with Gasteiger partial charge < -0.3 is 9.30 Å². The largest absolute Gasteiger partial charge is 0.494 e. The van der Waals surface area contributed by atoms with Crippen LogP contribution in [0.1, 0.15) is 23.8 Å². The molecule has 1 atom stereocenters. The molecule has 0 radical (unpaired) electrons. The summed E-state index contributed by atoms with van der Waals surface area (Å²) in [6.45, 7) is 2.59. The summed E-state index contributed by atoms with van der Waals surface area (Å²) < 4.78 is 7.48. The highest BCUT2D eigenvalue weighted by Gasteiger charge is 2.17. The van der Waals surface area contributed by atoms with Crippen LogP contribution in [0.15, 0.2) is 29.1 Å². The van der Waals surface area contributed by atoms with Crippen LogP contribution in [-0.4, -0.2) is 21.6 Å². The Morgan fingerprint density at radius 1 is 1.45 bits per heavy atom. The van der Waals surface area contributed by atoms with E-state index in [9.17, 15) is 0 Å². The lowest BCUT2D eigenvalue weighted by Crippen LogP contribution is -2.05. The molecule has 0 N–H and O–H groups in total. The number of rotatable bonds is 4. The van der Waals surface area contributed by atoms with Crippen molar-refractivity contribution in [1.29, 1.82) is 0 Å². The summed E-state index contributed by atoms with van der Waals surface area (Å²) in [4.78, 5) is 8.98. The van der Waals surface area contributed by atoms with Crippen molar-refractivity contribution in [3.63, 3.8) is 0 Å². The maximum absolute atomic E-state index is 6.27. The molecule has 0 fully saturated rings. The minimum Gasteiger partial charge on any atom is -0.494 e. The number of ether oxygens (including phenoxy) is 1. The van der Waals surface area contributed by atoms with Crippen molar-refractivity contribution in [3.05, 3.63) is 40.6 Å². The Bertz CT molecular complexity index is 721. The van der Waals surface area contributed by atoms with Gasteiger partial charge in [-0.25, -0.2) is 9.97 Å². The van der Waals surface area contributed by atoms with E-state index in [-0.39, 0.29) is 5.38 Å². The van der Waals surface area contributed by atoms with E-state index in [0.29, 0.717) is 6.54 Å². The topological polar surface area (TPSA) is 39.9 Å². The Kier molecular flexibility index (Phi) is 3.63. The van der Waals surface area contributed by atoms with Gasteiger partial charge in [0.2, 0.25) is 0 Å². The number of nitrogens with zero attached hydrogens (tertiary/aromatic N) is 3. The van der Waals surface area contributed by atoms with Gasteiger partial charge in [0.15, 0.2) is 0 Å². The summed E-state index contributed by atoms with van der Waals surface area (Å²) in [6, 6.07) is 5.90. The van der Waals surface area contributed by atoms with Crippen LogP contribution >= 0.6 is 22.9 Å². The van der Waals surface area contributed by atoms with Gasteiger partial charge in [0.05, 0.1) is 35.8 Å². The predicted octanol–water partition coefficient (Wildman–Crippen LogP) is 3.85. The van der Waals surface area contributed by atoms with Gasteiger partial charge in [0.1, 0.15) is 17.1 Å². The fraction of sp³-hybridized carbons (Fsp3) is 0.286. The van der Waals surface area contributed by atoms with Crippen LogP contribution in [0.5, 0.6) is 5.75 Å². The van der Waals surface area contributed by atoms with E-state index in [0.717, 1.165) is 28.3 Å². The molecule has 0 aliphatic carbocycles. The van der Waals surface area contributed by atoms with Gasteiger partial charge >= 0.3 is 0 Å². The lowest BCUT2D eigenvalue weighted by atomic mass is 10.3. The standard InChI is InChI=1S/C14H14ClN3OS/c1-9(15)14-17-13-11(4-3-5-12(13)19-2)18(14)6-10-7-20-8-16-10/h3-5,7-9H,6H2,1-2H3. The molecule has 0 saturated carbocycles. The molecule has 20 heavy (non-hydrogen) atoms. The van der Waals surface area contributed by atoms with Crippen LogP contribution in [0.2, 0.25) is 0 Å². The molecular weight excluding hydrogens is 294 g/mol. The molecule has 4 nitrogen and oxygen atoms in total. The molecule has 0 aliphatic heterocycles. The van der Waals surface area contributed by atoms with Gasteiger partial charge in [0, 0.05) is 5.38 Å². The Morgan fingerprint density at radius 3 is 2.95 bits per heavy atom. The first kappa shape index (κ1) is 13.4. The number of aromatic nitrogens is 3. The van der Waals surface area contributed by atoms with Crippen LogP contribution in [0.25, 0.3) is 11.0 Å². The zero-order chi connectivity index (χ0) is 14.1. The number of hydrogen-bond donors (Lipinski definition) is 0. The normalized spacial score (nSPS) is 12.8. The molecule has 1 aromatic carbocycles. The molecule has 0 spiro atoms. The van der Waals surface area contributed by atoms with Gasteiger partial charge in [-0.1, -0.05) is 6.07 Å². The first-order valence-corrected chi connectivity index (χ1v) is 7.63. The van der Waals surface area contributed by atoms with Crippen molar-refractivity contribution in [2.75, 3.05) is 7.11 Å². The summed E-state index contributed by atoms with van der Waals surface area (Å²) in [5, 5.41) is 1.86. The Balaban J connectivity index is 2.19. The van der Waals surface area contributed by atoms with Crippen molar-refractivity contribution < 1.29 is 4.74 Å². The molecule has 2 heterocycles. The Morgan fingerprint density at radius 2 is 2.30 bits per heavy atom. The average Bonchev–Trinajstić information content (AvgIpc) is 3.07. The molecule has 0 saturated heterocycles. The van der Waals surface area contributed by atoms with Gasteiger partial charge in [-0.2, -0.15) is 0 Å². The molecule has 1 unspecified atom stereocenters. The third-order valence-electron chi connectivity index (χ3n) is 3.15. The van der Waals surface area contributed by atoms with Crippen LogP contribution < -0.4 is 4.74 Å². The van der Waals surface area contributed by atoms with Crippen molar-refractivity contribution in [1.82, 2.24) is 14.5 Å². The lowest BCUT2D eigenvalue weighted by Gasteiger charge is -2.08. The number of imidazole rings is 1. The fourth-order valence-electron chi connectivity index (χ4n) is 2.25. The maximum atomic E-state index is 6.27. The summed E-state index contributed by atoms with van der Waals surface area (Å²) in [7, 11) is 1.65. The van der Waals surface area contributed by atoms with E-state index in [1.165, 1.54) is 0 Å². The third kappa shape index (κ3) is 2.27. The van der Waals surface area contributed by atoms with Gasteiger partial charge in [-0.05, 0) is 19.1 Å². The van der Waals surface area contributed by atoms with Crippen molar-refractivity contribution in [2.24, 2.45) is 0 Å². The molecule has 3 rings (SSSR count). The Labute approximate surface area is 126 Å². The maximum Gasteiger partial charge on any atom is 0.146 e. The number of hydrogen-bond acceptors (Lipinski definition) is 4. The molecule has 3 aromatic rings. The number of benzene rings is 1. The fourth-order valence-corrected chi connectivity index (χ4v) is 2.97. The van der Waals surface area contributed by atoms with Gasteiger partial charge in [-0.15, -0.1) is 22.9 Å². The van der Waals surface area contributed by atoms with Crippen LogP contribution in [0.4, 0.5) is 0 Å². The predicted molar refractivity (Wildman–Crippen MR) is 81.8 cm³/mol. The molecule has 6 heteroatoms. The van der Waals surface area contributed by atoms with E-state index in [1.54, 1.807) is 18.4 Å². The van der Waals surface area contributed by atoms with Crippen molar-refractivity contribution in [3.8, 4) is 5.75 Å². The van der Waals surface area contributed by atoms with Gasteiger partial charge in [-0.3, -0.25) is 0 Å². The SMILES string of the molecule is COc1cccc2c1nc(C(C)Cl)n2Cc1cscn1. The summed E-state index contributed by atoms with van der Waals surface area (Å²) in [5.41, 5.74) is 4.70. The second-order valence-corrected chi connectivity index (χ2v) is 5.85. The summed E-state index contributed by atoms with van der Waals surface area (Å²) in [6.07, 6.45) is 0. The van der Waals surface area contributed by atoms with Gasteiger partial charge in [0.25, 0.3) is 0 Å². The number of thiazole rings is 1. The highest BCUT2D eigenvalue weighted by atomic mass is 35.5. The number of alkyl halides is 1. The minimum absolute atomic E-state index is 0.175. The summed E-state index contributed by atoms with van der Waals surface area (Å²) >= 11 is 7.86. The molecule has 104 valence electrons. The number of halogens is 1. The second-order valence-electron chi connectivity index (χ2n) is 4.48. The van der Waals surface area contributed by atoms with Crippen molar-refractivity contribution >= 4 is 34.0 Å². The molecule has 0 aliphatic rings. The first-order chi connectivity index (χ1) is 9.70. The summed E-state index contributed by atoms with van der Waals surface area (Å²) in [5.74, 6) is 1.59.